The number of halogens is 4. The summed E-state index contributed by atoms with van der Waals surface area (Å²) in [5.74, 6) is -1.21. The fourth-order valence-corrected chi connectivity index (χ4v) is 3.15. The van der Waals surface area contributed by atoms with Crippen molar-refractivity contribution < 1.29 is 22.4 Å². The van der Waals surface area contributed by atoms with Crippen molar-refractivity contribution in [1.82, 2.24) is 10.4 Å². The number of carbonyl (C=O) groups is 1. The predicted molar refractivity (Wildman–Crippen MR) is 81.4 cm³/mol. The number of benzene rings is 2. The second-order valence-electron chi connectivity index (χ2n) is 6.56. The van der Waals surface area contributed by atoms with Gasteiger partial charge in [-0.1, -0.05) is 24.3 Å². The molecule has 2 aromatic carbocycles. The number of carbonyl (C=O) groups excluding carboxylic acids is 1. The Morgan fingerprint density at radius 1 is 1.21 bits per heavy atom. The maximum atomic E-state index is 14.3. The molecule has 1 fully saturated rings. The fraction of sp³-hybridized carbons (Fsp3) is 0.353. The molecule has 0 bridgehead atoms. The number of nitrogens with one attached hydrogen (secondary N) is 1. The number of rotatable bonds is 2. The zero-order valence-corrected chi connectivity index (χ0v) is 13.1. The molecule has 1 aliphatic rings. The van der Waals surface area contributed by atoms with Crippen LogP contribution in [-0.2, 0) is 4.79 Å². The van der Waals surface area contributed by atoms with Crippen molar-refractivity contribution in [1.29, 1.82) is 0 Å². The second kappa shape index (κ2) is 5.44. The predicted octanol–water partition coefficient (Wildman–Crippen LogP) is 4.10. The van der Waals surface area contributed by atoms with Gasteiger partial charge >= 0.3 is 6.18 Å². The standard InChI is InChI=1S/C17H16F4N2O/c1-16(2)9-14(24)22-23(16)15(17(19,20)21)11-7-10-5-3-4-6-12(10)13(18)8-11/h3-8,15H,9H2,1-2H3,(H,22,24). The van der Waals surface area contributed by atoms with E-state index in [1.54, 1.807) is 32.0 Å². The van der Waals surface area contributed by atoms with E-state index in [-0.39, 0.29) is 17.4 Å². The summed E-state index contributed by atoms with van der Waals surface area (Å²) in [7, 11) is 0. The van der Waals surface area contributed by atoms with Gasteiger partial charge in [-0.3, -0.25) is 10.2 Å². The molecule has 24 heavy (non-hydrogen) atoms. The molecule has 3 nitrogen and oxygen atoms in total. The summed E-state index contributed by atoms with van der Waals surface area (Å²) in [5, 5.41) is 1.51. The lowest BCUT2D eigenvalue weighted by molar-refractivity contribution is -0.203. The first-order valence-corrected chi connectivity index (χ1v) is 7.43. The van der Waals surface area contributed by atoms with Crippen LogP contribution >= 0.6 is 0 Å². The van der Waals surface area contributed by atoms with Crippen molar-refractivity contribution >= 4 is 16.7 Å². The van der Waals surface area contributed by atoms with E-state index >= 15 is 0 Å². The molecule has 1 unspecified atom stereocenters. The minimum atomic E-state index is -4.68. The van der Waals surface area contributed by atoms with E-state index in [0.29, 0.717) is 5.39 Å². The first kappa shape index (κ1) is 16.7. The average molecular weight is 340 g/mol. The van der Waals surface area contributed by atoms with Gasteiger partial charge in [0.15, 0.2) is 6.04 Å². The molecule has 1 heterocycles. The van der Waals surface area contributed by atoms with Crippen molar-refractivity contribution in [3.05, 3.63) is 47.8 Å². The van der Waals surface area contributed by atoms with E-state index in [1.807, 2.05) is 0 Å². The molecule has 1 N–H and O–H groups in total. The molecule has 7 heteroatoms. The van der Waals surface area contributed by atoms with Crippen LogP contribution in [0, 0.1) is 5.82 Å². The monoisotopic (exact) mass is 340 g/mol. The smallest absolute Gasteiger partial charge is 0.287 e. The summed E-state index contributed by atoms with van der Waals surface area (Å²) in [6.07, 6.45) is -4.74. The highest BCUT2D eigenvalue weighted by Crippen LogP contribution is 2.43. The highest BCUT2D eigenvalue weighted by Gasteiger charge is 2.53. The topological polar surface area (TPSA) is 32.3 Å². The van der Waals surface area contributed by atoms with Crippen molar-refractivity contribution in [3.8, 4) is 0 Å². The van der Waals surface area contributed by atoms with Gasteiger partial charge in [-0.2, -0.15) is 18.2 Å². The van der Waals surface area contributed by atoms with Crippen LogP contribution in [0.1, 0.15) is 31.9 Å². The third-order valence-electron chi connectivity index (χ3n) is 4.21. The number of hydrazine groups is 1. The molecule has 128 valence electrons. The molecule has 3 rings (SSSR count). The van der Waals surface area contributed by atoms with Gasteiger partial charge in [-0.05, 0) is 36.9 Å². The van der Waals surface area contributed by atoms with Crippen molar-refractivity contribution in [2.24, 2.45) is 0 Å². The molecule has 1 amide bonds. The van der Waals surface area contributed by atoms with E-state index in [0.717, 1.165) is 11.1 Å². The maximum Gasteiger partial charge on any atom is 0.409 e. The maximum absolute atomic E-state index is 14.3. The molecular weight excluding hydrogens is 324 g/mol. The van der Waals surface area contributed by atoms with E-state index in [9.17, 15) is 22.4 Å². The third kappa shape index (κ3) is 2.84. The molecule has 0 saturated carbocycles. The lowest BCUT2D eigenvalue weighted by Gasteiger charge is -2.38. The number of hydrogen-bond acceptors (Lipinski definition) is 2. The van der Waals surface area contributed by atoms with Gasteiger partial charge in [-0.15, -0.1) is 0 Å². The Hall–Kier alpha value is -2.15. The molecule has 0 aliphatic carbocycles. The van der Waals surface area contributed by atoms with Gasteiger partial charge in [0.2, 0.25) is 5.91 Å². The quantitative estimate of drug-likeness (QED) is 0.835. The number of alkyl halides is 3. The van der Waals surface area contributed by atoms with Gasteiger partial charge in [-0.25, -0.2) is 4.39 Å². The number of amides is 1. The first-order valence-electron chi connectivity index (χ1n) is 7.43. The van der Waals surface area contributed by atoms with E-state index in [4.69, 9.17) is 0 Å². The zero-order valence-electron chi connectivity index (χ0n) is 13.1. The van der Waals surface area contributed by atoms with Gasteiger partial charge in [0.05, 0.1) is 0 Å². The van der Waals surface area contributed by atoms with Crippen LogP contribution in [0.2, 0.25) is 0 Å². The van der Waals surface area contributed by atoms with Crippen LogP contribution in [-0.4, -0.2) is 22.6 Å². The van der Waals surface area contributed by atoms with E-state index < -0.39 is 29.5 Å². The molecule has 1 aliphatic heterocycles. The van der Waals surface area contributed by atoms with Crippen LogP contribution in [0.15, 0.2) is 36.4 Å². The molecule has 1 atom stereocenters. The largest absolute Gasteiger partial charge is 0.409 e. The van der Waals surface area contributed by atoms with Gasteiger partial charge in [0.1, 0.15) is 5.82 Å². The Kier molecular flexibility index (Phi) is 3.79. The molecular formula is C17H16F4N2O. The molecule has 1 saturated heterocycles. The molecule has 0 spiro atoms. The molecule has 2 aromatic rings. The normalized spacial score (nSPS) is 19.5. The van der Waals surface area contributed by atoms with E-state index in [2.05, 4.69) is 5.43 Å². The summed E-state index contributed by atoms with van der Waals surface area (Å²) in [5.41, 5.74) is 0.985. The summed E-state index contributed by atoms with van der Waals surface area (Å²) in [6.45, 7) is 3.09. The summed E-state index contributed by atoms with van der Waals surface area (Å²) in [4.78, 5) is 11.6. The van der Waals surface area contributed by atoms with Gasteiger partial charge < -0.3 is 0 Å². The van der Waals surface area contributed by atoms with Crippen molar-refractivity contribution in [3.63, 3.8) is 0 Å². The summed E-state index contributed by atoms with van der Waals surface area (Å²) in [6, 6.07) is 6.41. The minimum Gasteiger partial charge on any atom is -0.287 e. The highest BCUT2D eigenvalue weighted by molar-refractivity contribution is 5.84. The number of fused-ring (bicyclic) bond motifs is 1. The van der Waals surface area contributed by atoms with Crippen LogP contribution < -0.4 is 5.43 Å². The lowest BCUT2D eigenvalue weighted by atomic mass is 9.95. The third-order valence-corrected chi connectivity index (χ3v) is 4.21. The summed E-state index contributed by atoms with van der Waals surface area (Å²) >= 11 is 0. The van der Waals surface area contributed by atoms with Gasteiger partial charge in [0, 0.05) is 17.3 Å². The fourth-order valence-electron chi connectivity index (χ4n) is 3.15. The number of nitrogens with zero attached hydrogens (tertiary/aromatic N) is 1. The van der Waals surface area contributed by atoms with E-state index in [1.165, 1.54) is 12.1 Å². The Morgan fingerprint density at radius 2 is 1.88 bits per heavy atom. The van der Waals surface area contributed by atoms with Crippen LogP contribution in [0.3, 0.4) is 0 Å². The Morgan fingerprint density at radius 3 is 2.46 bits per heavy atom. The Balaban J connectivity index is 2.16. The molecule has 0 aromatic heterocycles. The minimum absolute atomic E-state index is 0.0599. The van der Waals surface area contributed by atoms with Crippen molar-refractivity contribution in [2.45, 2.75) is 38.0 Å². The van der Waals surface area contributed by atoms with Crippen molar-refractivity contribution in [2.75, 3.05) is 0 Å². The zero-order chi connectivity index (χ0) is 17.7. The highest BCUT2D eigenvalue weighted by atomic mass is 19.4. The average Bonchev–Trinajstić information content (AvgIpc) is 2.70. The summed E-state index contributed by atoms with van der Waals surface area (Å²) < 4.78 is 55.5. The van der Waals surface area contributed by atoms with Crippen LogP contribution in [0.5, 0.6) is 0 Å². The second-order valence-corrected chi connectivity index (χ2v) is 6.56. The Bertz CT molecular complexity index is 801. The van der Waals surface area contributed by atoms with Crippen LogP contribution in [0.25, 0.3) is 10.8 Å². The Labute approximate surface area is 136 Å². The van der Waals surface area contributed by atoms with Gasteiger partial charge in [0.25, 0.3) is 0 Å². The first-order chi connectivity index (χ1) is 11.1. The SMILES string of the molecule is CC1(C)CC(=O)NN1C(c1cc(F)c2ccccc2c1)C(F)(F)F. The molecule has 0 radical (unpaired) electrons. The lowest BCUT2D eigenvalue weighted by Crippen LogP contribution is -2.51. The van der Waals surface area contributed by atoms with Crippen LogP contribution in [0.4, 0.5) is 17.6 Å². The number of hydrogen-bond donors (Lipinski definition) is 1.